The molecule has 0 N–H and O–H groups in total. The Balaban J connectivity index is 1.18. The maximum atomic E-state index is 15.0. The first-order chi connectivity index (χ1) is 15.1. The third-order valence-corrected chi connectivity index (χ3v) is 9.73. The number of alkyl halides is 3. The fourth-order valence-corrected chi connectivity index (χ4v) is 8.56. The second kappa shape index (κ2) is 8.95. The van der Waals surface area contributed by atoms with Crippen LogP contribution < -0.4 is 26.9 Å². The number of fused-ring (bicyclic) bond motifs is 3. The maximum absolute atomic E-state index is 15.0. The number of benzene rings is 1. The zero-order chi connectivity index (χ0) is 21.4. The molecule has 0 spiro atoms. The molecule has 2 aliphatic heterocycles. The van der Waals surface area contributed by atoms with Crippen LogP contribution in [-0.2, 0) is 17.9 Å². The van der Waals surface area contributed by atoms with Crippen molar-refractivity contribution in [1.82, 2.24) is 19.1 Å². The molecule has 5 rings (SSSR count). The van der Waals surface area contributed by atoms with E-state index in [0.717, 1.165) is 17.3 Å². The van der Waals surface area contributed by atoms with Crippen molar-refractivity contribution < 1.29 is 34.7 Å². The molecule has 2 aliphatic rings. The molecular weight excluding hydrogens is 517 g/mol. The van der Waals surface area contributed by atoms with E-state index >= 15 is 0 Å². The van der Waals surface area contributed by atoms with Crippen LogP contribution in [0.15, 0.2) is 53.5 Å². The van der Waals surface area contributed by atoms with Gasteiger partial charge in [0.15, 0.2) is 0 Å². The van der Waals surface area contributed by atoms with Crippen LogP contribution in [0.1, 0.15) is 18.4 Å². The van der Waals surface area contributed by atoms with Crippen LogP contribution in [0.4, 0.5) is 8.78 Å². The first kappa shape index (κ1) is 21.0. The summed E-state index contributed by atoms with van der Waals surface area (Å²) in [5.74, 6) is -0.238. The molecule has 6 nitrogen and oxygen atoms in total. The van der Waals surface area contributed by atoms with E-state index in [-0.39, 0.29) is 52.0 Å². The molecule has 0 aliphatic carbocycles. The minimum absolute atomic E-state index is 0.0397. The summed E-state index contributed by atoms with van der Waals surface area (Å²) in [6.45, 7) is 0.551. The summed E-state index contributed by atoms with van der Waals surface area (Å²) in [5.41, 5.74) is 0.793. The van der Waals surface area contributed by atoms with Gasteiger partial charge in [0, 0.05) is 0 Å². The van der Waals surface area contributed by atoms with Crippen molar-refractivity contribution in [3.8, 4) is 0 Å². The Hall–Kier alpha value is -1.85. The van der Waals surface area contributed by atoms with Crippen LogP contribution in [-0.4, -0.2) is 52.4 Å². The van der Waals surface area contributed by atoms with Crippen LogP contribution in [0, 0.1) is 5.82 Å². The molecule has 1 aromatic carbocycles. The number of hydrogen-bond donors (Lipinski definition) is 0. The van der Waals surface area contributed by atoms with Gasteiger partial charge in [-0.05, 0) is 0 Å². The second-order valence-corrected chi connectivity index (χ2v) is 11.3. The monoisotopic (exact) mass is 541 g/mol. The first-order valence-corrected chi connectivity index (χ1v) is 13.2. The van der Waals surface area contributed by atoms with Gasteiger partial charge in [-0.25, -0.2) is 0 Å². The van der Waals surface area contributed by atoms with E-state index in [4.69, 9.17) is 4.74 Å². The number of nitrogens with zero attached hydrogens (tertiary/aromatic N) is 4. The molecule has 0 amide bonds. The third-order valence-electron chi connectivity index (χ3n) is 5.97. The molecule has 31 heavy (non-hydrogen) atoms. The van der Waals surface area contributed by atoms with Crippen molar-refractivity contribution in [2.75, 3.05) is 11.0 Å². The molecule has 0 radical (unpaired) electrons. The number of hydrogen-bond acceptors (Lipinski definition) is 4. The Labute approximate surface area is 189 Å². The predicted molar refractivity (Wildman–Crippen MR) is 108 cm³/mol. The van der Waals surface area contributed by atoms with Gasteiger partial charge in [-0.15, -0.1) is 0 Å². The number of ether oxygens (including phenoxy) is 1. The number of rotatable bonds is 7. The van der Waals surface area contributed by atoms with Crippen molar-refractivity contribution in [3.05, 3.63) is 70.5 Å². The van der Waals surface area contributed by atoms with E-state index < -0.39 is 6.17 Å². The van der Waals surface area contributed by atoms with E-state index in [1.54, 1.807) is 36.5 Å². The van der Waals surface area contributed by atoms with Gasteiger partial charge in [0.25, 0.3) is 0 Å². The molecule has 3 aromatic rings. The first-order valence-electron chi connectivity index (χ1n) is 10.4. The molecule has 4 heterocycles. The van der Waals surface area contributed by atoms with Gasteiger partial charge < -0.3 is 0 Å². The van der Waals surface area contributed by atoms with E-state index in [2.05, 4.69) is 10.00 Å². The fraction of sp³-hybridized carbons (Fsp3) is 0.455. The van der Waals surface area contributed by atoms with Gasteiger partial charge in [0.2, 0.25) is 0 Å². The van der Waals surface area contributed by atoms with Crippen LogP contribution in [0.2, 0.25) is 0 Å². The summed E-state index contributed by atoms with van der Waals surface area (Å²) in [6, 6.07) is 12.3. The number of pyridine rings is 1. The summed E-state index contributed by atoms with van der Waals surface area (Å²) in [4.78, 5) is 14.7. The van der Waals surface area contributed by atoms with Crippen molar-refractivity contribution in [2.24, 2.45) is 0 Å². The summed E-state index contributed by atoms with van der Waals surface area (Å²) < 4.78 is 39.0. The van der Waals surface area contributed by atoms with E-state index in [9.17, 15) is 13.6 Å². The average molecular weight is 541 g/mol. The Morgan fingerprint density at radius 2 is 2.00 bits per heavy atom. The molecular formula is C22H24F2IN4O2-. The summed E-state index contributed by atoms with van der Waals surface area (Å²) in [6.07, 6.45) is 2.30. The van der Waals surface area contributed by atoms with Crippen molar-refractivity contribution >= 4 is 5.65 Å². The topological polar surface area (TPSA) is 51.8 Å². The molecule has 2 saturated heterocycles. The van der Waals surface area contributed by atoms with Gasteiger partial charge in [0.05, 0.1) is 0 Å². The molecule has 166 valence electrons. The van der Waals surface area contributed by atoms with Gasteiger partial charge in [-0.2, -0.15) is 0 Å². The molecule has 9 heteroatoms. The van der Waals surface area contributed by atoms with Crippen LogP contribution in [0.5, 0.6) is 0 Å². The Morgan fingerprint density at radius 1 is 1.16 bits per heavy atom. The van der Waals surface area contributed by atoms with E-state index in [1.165, 1.54) is 15.1 Å². The zero-order valence-corrected chi connectivity index (χ0v) is 19.1. The number of aromatic nitrogens is 3. The van der Waals surface area contributed by atoms with Gasteiger partial charge in [0.1, 0.15) is 0 Å². The van der Waals surface area contributed by atoms with Crippen molar-refractivity contribution in [1.29, 1.82) is 0 Å². The van der Waals surface area contributed by atoms with E-state index in [0.29, 0.717) is 27.8 Å². The fourth-order valence-electron chi connectivity index (χ4n) is 4.41. The number of piperidine rings is 1. The predicted octanol–water partition coefficient (Wildman–Crippen LogP) is -0.548. The summed E-state index contributed by atoms with van der Waals surface area (Å²) in [7, 11) is 0. The molecule has 4 atom stereocenters. The molecule has 0 saturated carbocycles. The minimum atomic E-state index is -1.16. The second-order valence-electron chi connectivity index (χ2n) is 8.08. The standard InChI is InChI=1S/C22H24F2IN4O2/c23-16(13-29-22(30)27-8-4-3-7-21(27)26-29)12-28-17-9-18(10-20(28)25-11-17)31-14-15-5-1-2-6-19(15)24/h1-8,16-18,20H,9-14H2/q-1. The van der Waals surface area contributed by atoms with Gasteiger partial charge in [-0.1, -0.05) is 0 Å². The van der Waals surface area contributed by atoms with Gasteiger partial charge >= 0.3 is 189 Å². The number of halogens is 3. The molecule has 2 fully saturated rings. The van der Waals surface area contributed by atoms with Crippen LogP contribution in [0.3, 0.4) is 0 Å². The van der Waals surface area contributed by atoms with Crippen LogP contribution >= 0.6 is 0 Å². The molecule has 2 aromatic heterocycles. The zero-order valence-electron chi connectivity index (χ0n) is 16.9. The van der Waals surface area contributed by atoms with Crippen LogP contribution in [0.25, 0.3) is 5.65 Å². The Morgan fingerprint density at radius 3 is 2.81 bits per heavy atom. The Kier molecular flexibility index (Phi) is 6.07. The molecule has 2 bridgehead atoms. The van der Waals surface area contributed by atoms with E-state index in [1.807, 2.05) is 6.07 Å². The van der Waals surface area contributed by atoms with Crippen molar-refractivity contribution in [2.45, 2.75) is 48.4 Å². The summed E-state index contributed by atoms with van der Waals surface area (Å²) >= 11 is -0.0405. The third kappa shape index (κ3) is 4.40. The Bertz CT molecular complexity index is 1110. The normalized spacial score (nSPS) is 24.9. The quantitative estimate of drug-likeness (QED) is 0.229. The average Bonchev–Trinajstić information content (AvgIpc) is 3.19. The van der Waals surface area contributed by atoms with Gasteiger partial charge in [-0.3, -0.25) is 0 Å². The SMILES string of the molecule is O=c1n(CC(F)CN2C3C[I-]C2CC(OCc2ccccc2F)C3)nc2ccccn12. The molecule has 4 unspecified atom stereocenters. The van der Waals surface area contributed by atoms with Crippen molar-refractivity contribution in [3.63, 3.8) is 0 Å². The summed E-state index contributed by atoms with van der Waals surface area (Å²) in [5, 5.41) is 4.24.